The quantitative estimate of drug-likeness (QED) is 0.809. The van der Waals surface area contributed by atoms with E-state index >= 15 is 0 Å². The van der Waals surface area contributed by atoms with Crippen molar-refractivity contribution in [3.05, 3.63) is 27.7 Å². The highest BCUT2D eigenvalue weighted by Crippen LogP contribution is 2.35. The van der Waals surface area contributed by atoms with Gasteiger partial charge in [0.25, 0.3) is 0 Å². The SMILES string of the molecule is Clc1nnc(CSc2ccc3c(c2)OCCCO3)s1. The minimum absolute atomic E-state index is 0.481. The Kier molecular flexibility index (Phi) is 4.10. The summed E-state index contributed by atoms with van der Waals surface area (Å²) in [5.41, 5.74) is 0. The van der Waals surface area contributed by atoms with Crippen LogP contribution < -0.4 is 9.47 Å². The third-order valence-corrected chi connectivity index (χ3v) is 4.73. The van der Waals surface area contributed by atoms with Gasteiger partial charge >= 0.3 is 0 Å². The zero-order chi connectivity index (χ0) is 13.1. The molecule has 100 valence electrons. The second kappa shape index (κ2) is 5.98. The zero-order valence-corrected chi connectivity index (χ0v) is 12.4. The van der Waals surface area contributed by atoms with Gasteiger partial charge in [-0.05, 0) is 29.8 Å². The monoisotopic (exact) mass is 314 g/mol. The molecule has 1 aliphatic heterocycles. The molecule has 4 nitrogen and oxygen atoms in total. The summed E-state index contributed by atoms with van der Waals surface area (Å²) in [5, 5.41) is 8.70. The molecule has 0 spiro atoms. The van der Waals surface area contributed by atoms with Crippen LogP contribution >= 0.6 is 34.7 Å². The van der Waals surface area contributed by atoms with Crippen molar-refractivity contribution < 1.29 is 9.47 Å². The summed E-state index contributed by atoms with van der Waals surface area (Å²) < 4.78 is 11.7. The molecule has 0 N–H and O–H groups in total. The maximum Gasteiger partial charge on any atom is 0.207 e. The molecule has 1 aromatic carbocycles. The van der Waals surface area contributed by atoms with Crippen molar-refractivity contribution in [2.45, 2.75) is 17.1 Å². The van der Waals surface area contributed by atoms with E-state index < -0.39 is 0 Å². The lowest BCUT2D eigenvalue weighted by Gasteiger charge is -2.08. The predicted octanol–water partition coefficient (Wildman–Crippen LogP) is 3.65. The first kappa shape index (κ1) is 13.0. The maximum absolute atomic E-state index is 5.75. The summed E-state index contributed by atoms with van der Waals surface area (Å²) in [4.78, 5) is 1.12. The van der Waals surface area contributed by atoms with E-state index in [1.807, 2.05) is 18.2 Å². The third kappa shape index (κ3) is 3.32. The lowest BCUT2D eigenvalue weighted by Crippen LogP contribution is -1.97. The van der Waals surface area contributed by atoms with E-state index in [1.165, 1.54) is 11.3 Å². The van der Waals surface area contributed by atoms with Crippen LogP contribution in [0, 0.1) is 0 Å². The fourth-order valence-corrected chi connectivity index (χ4v) is 3.45. The number of ether oxygens (including phenoxy) is 2. The predicted molar refractivity (Wildman–Crippen MR) is 76.5 cm³/mol. The van der Waals surface area contributed by atoms with Crippen molar-refractivity contribution in [2.24, 2.45) is 0 Å². The number of hydrogen-bond acceptors (Lipinski definition) is 6. The highest BCUT2D eigenvalue weighted by molar-refractivity contribution is 7.98. The van der Waals surface area contributed by atoms with Gasteiger partial charge < -0.3 is 9.47 Å². The van der Waals surface area contributed by atoms with Gasteiger partial charge in [-0.15, -0.1) is 22.0 Å². The number of rotatable bonds is 3. The van der Waals surface area contributed by atoms with Crippen molar-refractivity contribution in [1.29, 1.82) is 0 Å². The van der Waals surface area contributed by atoms with Crippen molar-refractivity contribution in [3.63, 3.8) is 0 Å². The van der Waals surface area contributed by atoms with Gasteiger partial charge in [0.05, 0.1) is 19.0 Å². The van der Waals surface area contributed by atoms with Crippen LogP contribution in [-0.4, -0.2) is 23.4 Å². The average molecular weight is 315 g/mol. The molecule has 1 aromatic heterocycles. The summed E-state index contributed by atoms with van der Waals surface area (Å²) >= 11 is 8.84. The molecule has 0 amide bonds. The molecule has 0 fully saturated rings. The van der Waals surface area contributed by atoms with Crippen molar-refractivity contribution >= 4 is 34.7 Å². The van der Waals surface area contributed by atoms with Gasteiger partial charge in [-0.25, -0.2) is 0 Å². The Morgan fingerprint density at radius 2 is 2.05 bits per heavy atom. The fraction of sp³-hybridized carbons (Fsp3) is 0.333. The van der Waals surface area contributed by atoms with E-state index in [0.717, 1.165) is 33.6 Å². The summed E-state index contributed by atoms with van der Waals surface area (Å²) in [7, 11) is 0. The van der Waals surface area contributed by atoms with Gasteiger partial charge in [-0.1, -0.05) is 11.3 Å². The molecule has 0 aliphatic carbocycles. The van der Waals surface area contributed by atoms with Gasteiger partial charge in [0.2, 0.25) is 4.47 Å². The van der Waals surface area contributed by atoms with E-state index in [4.69, 9.17) is 21.1 Å². The standard InChI is InChI=1S/C12H11ClN2O2S2/c13-12-15-14-11(19-12)7-18-8-2-3-9-10(6-8)17-5-1-4-16-9/h2-3,6H,1,4-5,7H2. The van der Waals surface area contributed by atoms with Crippen LogP contribution in [0.5, 0.6) is 11.5 Å². The van der Waals surface area contributed by atoms with Gasteiger partial charge in [-0.3, -0.25) is 0 Å². The first-order valence-corrected chi connectivity index (χ1v) is 7.99. The minimum atomic E-state index is 0.481. The maximum atomic E-state index is 5.75. The first-order valence-electron chi connectivity index (χ1n) is 5.81. The van der Waals surface area contributed by atoms with Crippen molar-refractivity contribution in [1.82, 2.24) is 10.2 Å². The Morgan fingerprint density at radius 3 is 2.84 bits per heavy atom. The van der Waals surface area contributed by atoms with Crippen LogP contribution in [0.4, 0.5) is 0 Å². The number of aromatic nitrogens is 2. The molecule has 0 atom stereocenters. The molecule has 2 heterocycles. The molecule has 1 aliphatic rings. The Labute approximate surface area is 124 Å². The lowest BCUT2D eigenvalue weighted by atomic mass is 10.3. The van der Waals surface area contributed by atoms with E-state index in [0.29, 0.717) is 17.7 Å². The summed E-state index contributed by atoms with van der Waals surface area (Å²) in [6, 6.07) is 5.99. The summed E-state index contributed by atoms with van der Waals surface area (Å²) in [6.07, 6.45) is 0.917. The van der Waals surface area contributed by atoms with Gasteiger partial charge in [0.1, 0.15) is 5.01 Å². The highest BCUT2D eigenvalue weighted by Gasteiger charge is 2.11. The topological polar surface area (TPSA) is 44.2 Å². The summed E-state index contributed by atoms with van der Waals surface area (Å²) in [6.45, 7) is 1.41. The van der Waals surface area contributed by atoms with Crippen LogP contribution in [0.25, 0.3) is 0 Å². The second-order valence-corrected chi connectivity index (χ2v) is 6.59. The molecule has 0 saturated carbocycles. The van der Waals surface area contributed by atoms with E-state index in [2.05, 4.69) is 10.2 Å². The van der Waals surface area contributed by atoms with Gasteiger partial charge in [0.15, 0.2) is 11.5 Å². The molecule has 0 unspecified atom stereocenters. The molecule has 19 heavy (non-hydrogen) atoms. The van der Waals surface area contributed by atoms with Crippen LogP contribution in [0.1, 0.15) is 11.4 Å². The van der Waals surface area contributed by atoms with E-state index in [1.54, 1.807) is 11.8 Å². The number of fused-ring (bicyclic) bond motifs is 1. The third-order valence-electron chi connectivity index (χ3n) is 2.52. The molecular formula is C12H11ClN2O2S2. The number of nitrogens with zero attached hydrogens (tertiary/aromatic N) is 2. The Morgan fingerprint density at radius 1 is 1.21 bits per heavy atom. The molecule has 0 bridgehead atoms. The molecule has 2 aromatic rings. The Balaban J connectivity index is 1.69. The molecule has 3 rings (SSSR count). The molecule has 0 saturated heterocycles. The second-order valence-electron chi connectivity index (χ2n) is 3.90. The van der Waals surface area contributed by atoms with Crippen LogP contribution in [-0.2, 0) is 5.75 Å². The number of thioether (sulfide) groups is 1. The van der Waals surface area contributed by atoms with E-state index in [9.17, 15) is 0 Å². The smallest absolute Gasteiger partial charge is 0.207 e. The molecule has 0 radical (unpaired) electrons. The Bertz CT molecular complexity index is 577. The first-order chi connectivity index (χ1) is 9.31. The Hall–Kier alpha value is -0.980. The number of hydrogen-bond donors (Lipinski definition) is 0. The molecule has 7 heteroatoms. The molecular weight excluding hydrogens is 304 g/mol. The van der Waals surface area contributed by atoms with Crippen LogP contribution in [0.3, 0.4) is 0 Å². The van der Waals surface area contributed by atoms with Gasteiger partial charge in [0, 0.05) is 11.3 Å². The zero-order valence-electron chi connectivity index (χ0n) is 9.97. The van der Waals surface area contributed by atoms with Gasteiger partial charge in [-0.2, -0.15) is 0 Å². The number of benzene rings is 1. The minimum Gasteiger partial charge on any atom is -0.490 e. The van der Waals surface area contributed by atoms with Crippen molar-refractivity contribution in [3.8, 4) is 11.5 Å². The van der Waals surface area contributed by atoms with E-state index in [-0.39, 0.29) is 0 Å². The fourth-order valence-electron chi connectivity index (χ4n) is 1.67. The summed E-state index contributed by atoms with van der Waals surface area (Å²) in [5.74, 6) is 2.39. The highest BCUT2D eigenvalue weighted by atomic mass is 35.5. The average Bonchev–Trinajstić information content (AvgIpc) is 2.70. The number of halogens is 1. The lowest BCUT2D eigenvalue weighted by molar-refractivity contribution is 0.297. The normalized spacial score (nSPS) is 14.2. The largest absolute Gasteiger partial charge is 0.490 e. The van der Waals surface area contributed by atoms with Crippen LogP contribution in [0.15, 0.2) is 23.1 Å². The van der Waals surface area contributed by atoms with Crippen LogP contribution in [0.2, 0.25) is 4.47 Å². The van der Waals surface area contributed by atoms with Crippen molar-refractivity contribution in [2.75, 3.05) is 13.2 Å².